The molecule has 6 rings (SSSR count). The van der Waals surface area contributed by atoms with Crippen LogP contribution in [0.5, 0.6) is 11.5 Å². The molecule has 0 amide bonds. The van der Waals surface area contributed by atoms with Crippen molar-refractivity contribution in [3.63, 3.8) is 0 Å². The summed E-state index contributed by atoms with van der Waals surface area (Å²) < 4.78 is 18.3. The van der Waals surface area contributed by atoms with E-state index in [9.17, 15) is 14.9 Å². The summed E-state index contributed by atoms with van der Waals surface area (Å²) in [5.41, 5.74) is 1.37. The number of nitro groups is 1. The Morgan fingerprint density at radius 2 is 1.81 bits per heavy atom. The van der Waals surface area contributed by atoms with Crippen molar-refractivity contribution >= 4 is 45.4 Å². The molecule has 0 aliphatic carbocycles. The number of nitro benzene ring substituents is 1. The number of hydrogen-bond donors (Lipinski definition) is 0. The lowest BCUT2D eigenvalue weighted by Gasteiger charge is -2.09. The van der Waals surface area contributed by atoms with E-state index in [2.05, 4.69) is 10.1 Å². The van der Waals surface area contributed by atoms with E-state index in [0.29, 0.717) is 49.5 Å². The Balaban J connectivity index is 1.41. The molecule has 0 spiro atoms. The van der Waals surface area contributed by atoms with E-state index in [1.54, 1.807) is 86.0 Å². The van der Waals surface area contributed by atoms with Crippen LogP contribution in [0.4, 0.5) is 5.69 Å². The molecule has 4 aromatic carbocycles. The van der Waals surface area contributed by atoms with Crippen LogP contribution in [0.3, 0.4) is 0 Å². The largest absolute Gasteiger partial charge is 0.496 e. The zero-order chi connectivity index (χ0) is 29.2. The number of rotatable bonds is 8. The van der Waals surface area contributed by atoms with Gasteiger partial charge in [-0.05, 0) is 48.5 Å². The minimum atomic E-state index is -0.545. The van der Waals surface area contributed by atoms with Crippen molar-refractivity contribution in [2.45, 2.75) is 6.61 Å². The number of ether oxygens (including phenoxy) is 2. The van der Waals surface area contributed by atoms with Crippen LogP contribution in [-0.4, -0.2) is 27.9 Å². The molecule has 0 saturated heterocycles. The predicted molar refractivity (Wildman–Crippen MR) is 160 cm³/mol. The van der Waals surface area contributed by atoms with E-state index in [0.717, 1.165) is 4.68 Å². The lowest BCUT2D eigenvalue weighted by atomic mass is 10.2. The van der Waals surface area contributed by atoms with Crippen molar-refractivity contribution in [1.82, 2.24) is 9.66 Å². The van der Waals surface area contributed by atoms with Crippen LogP contribution >= 0.6 is 11.6 Å². The molecule has 11 heteroatoms. The van der Waals surface area contributed by atoms with Gasteiger partial charge in [0.1, 0.15) is 17.9 Å². The smallest absolute Gasteiger partial charge is 0.311 e. The van der Waals surface area contributed by atoms with Gasteiger partial charge in [0, 0.05) is 22.2 Å². The Bertz CT molecular complexity index is 2070. The summed E-state index contributed by atoms with van der Waals surface area (Å²) in [7, 11) is 1.56. The molecule has 0 fully saturated rings. The number of benzene rings is 4. The summed E-state index contributed by atoms with van der Waals surface area (Å²) in [6.45, 7) is 0.0533. The fraction of sp³-hybridized carbons (Fsp3) is 0.0645. The van der Waals surface area contributed by atoms with Crippen molar-refractivity contribution in [2.75, 3.05) is 7.11 Å². The van der Waals surface area contributed by atoms with Crippen LogP contribution in [0.15, 0.2) is 105 Å². The Morgan fingerprint density at radius 1 is 1.00 bits per heavy atom. The van der Waals surface area contributed by atoms with Gasteiger partial charge in [-0.2, -0.15) is 9.78 Å². The number of para-hydroxylation sites is 1. The second kappa shape index (κ2) is 11.2. The molecule has 0 atom stereocenters. The molecule has 2 heterocycles. The first-order valence-corrected chi connectivity index (χ1v) is 13.1. The Kier molecular flexibility index (Phi) is 7.12. The van der Waals surface area contributed by atoms with Crippen LogP contribution < -0.4 is 15.0 Å². The lowest BCUT2D eigenvalue weighted by Crippen LogP contribution is -2.20. The second-order valence-corrected chi connectivity index (χ2v) is 9.57. The molecule has 0 radical (unpaired) electrons. The Labute approximate surface area is 243 Å². The third kappa shape index (κ3) is 5.06. The highest BCUT2D eigenvalue weighted by molar-refractivity contribution is 6.31. The third-order valence-electron chi connectivity index (χ3n) is 6.56. The number of halogens is 1. The van der Waals surface area contributed by atoms with Gasteiger partial charge >= 0.3 is 5.69 Å². The van der Waals surface area contributed by atoms with Gasteiger partial charge in [-0.25, -0.2) is 4.98 Å². The number of hydrogen-bond acceptors (Lipinski definition) is 8. The topological polar surface area (TPSA) is 122 Å². The molecule has 0 N–H and O–H groups in total. The zero-order valence-electron chi connectivity index (χ0n) is 22.1. The average molecular weight is 581 g/mol. The number of fused-ring (bicyclic) bond motifs is 2. The summed E-state index contributed by atoms with van der Waals surface area (Å²) in [5, 5.41) is 17.8. The summed E-state index contributed by atoms with van der Waals surface area (Å²) >= 11 is 6.18. The average Bonchev–Trinajstić information content (AvgIpc) is 3.45. The molecule has 0 saturated carbocycles. The van der Waals surface area contributed by atoms with E-state index < -0.39 is 10.5 Å². The summed E-state index contributed by atoms with van der Waals surface area (Å²) in [4.78, 5) is 29.6. The Morgan fingerprint density at radius 3 is 2.62 bits per heavy atom. The molecule has 42 heavy (non-hydrogen) atoms. The SMILES string of the molecule is COc1cccc2oc(-c3nc4ccccc4c(=O)n3N=Cc3ccc(OCc4ccccc4Cl)c([N+](=O)[O-])c3)cc12. The predicted octanol–water partition coefficient (Wildman–Crippen LogP) is 6.84. The van der Waals surface area contributed by atoms with Gasteiger partial charge in [0.05, 0.1) is 34.5 Å². The normalized spacial score (nSPS) is 11.4. The lowest BCUT2D eigenvalue weighted by molar-refractivity contribution is -0.385. The highest BCUT2D eigenvalue weighted by atomic mass is 35.5. The van der Waals surface area contributed by atoms with E-state index in [1.807, 2.05) is 0 Å². The van der Waals surface area contributed by atoms with Gasteiger partial charge in [0.2, 0.25) is 5.82 Å². The first-order chi connectivity index (χ1) is 20.4. The molecule has 208 valence electrons. The van der Waals surface area contributed by atoms with Crippen molar-refractivity contribution in [1.29, 1.82) is 0 Å². The molecule has 2 aromatic heterocycles. The standard InChI is InChI=1S/C31H21ClN4O6/c1-40-26-11-6-12-27-22(26)16-29(42-27)30-34-24-10-5-3-8-21(24)31(37)35(30)33-17-19-13-14-28(25(15-19)36(38)39)41-18-20-7-2-4-9-23(20)32/h2-17H,18H2,1H3. The van der Waals surface area contributed by atoms with Crippen molar-refractivity contribution in [3.8, 4) is 23.1 Å². The van der Waals surface area contributed by atoms with Crippen molar-refractivity contribution in [3.05, 3.63) is 128 Å². The van der Waals surface area contributed by atoms with Gasteiger partial charge in [-0.15, -0.1) is 0 Å². The number of nitrogens with zero attached hydrogens (tertiary/aromatic N) is 4. The molecule has 0 aliphatic rings. The fourth-order valence-corrected chi connectivity index (χ4v) is 4.68. The molecule has 10 nitrogen and oxygen atoms in total. The molecular formula is C31H21ClN4O6. The first kappa shape index (κ1) is 26.7. The van der Waals surface area contributed by atoms with Crippen LogP contribution in [0.25, 0.3) is 33.5 Å². The minimum absolute atomic E-state index is 0.0533. The van der Waals surface area contributed by atoms with E-state index in [1.165, 1.54) is 18.3 Å². The van der Waals surface area contributed by atoms with Gasteiger partial charge in [-0.3, -0.25) is 14.9 Å². The summed E-state index contributed by atoms with van der Waals surface area (Å²) in [6.07, 6.45) is 1.34. The third-order valence-corrected chi connectivity index (χ3v) is 6.93. The Hall–Kier alpha value is -5.48. The summed E-state index contributed by atoms with van der Waals surface area (Å²) in [6, 6.07) is 25.5. The van der Waals surface area contributed by atoms with E-state index in [4.69, 9.17) is 25.5 Å². The number of methoxy groups -OCH3 is 1. The minimum Gasteiger partial charge on any atom is -0.496 e. The highest BCUT2D eigenvalue weighted by Crippen LogP contribution is 2.33. The van der Waals surface area contributed by atoms with Crippen LogP contribution in [0.1, 0.15) is 11.1 Å². The maximum Gasteiger partial charge on any atom is 0.311 e. The quantitative estimate of drug-likeness (QED) is 0.110. The van der Waals surface area contributed by atoms with Gasteiger partial charge in [-0.1, -0.05) is 48.0 Å². The molecule has 0 unspecified atom stereocenters. The van der Waals surface area contributed by atoms with Crippen molar-refractivity contribution < 1.29 is 18.8 Å². The van der Waals surface area contributed by atoms with Crippen LogP contribution in [0.2, 0.25) is 5.02 Å². The maximum atomic E-state index is 13.6. The maximum absolute atomic E-state index is 13.6. The first-order valence-electron chi connectivity index (χ1n) is 12.7. The van der Waals surface area contributed by atoms with Gasteiger partial charge in [0.15, 0.2) is 11.5 Å². The molecule has 0 bridgehead atoms. The van der Waals surface area contributed by atoms with Crippen LogP contribution in [0, 0.1) is 10.1 Å². The molecule has 0 aliphatic heterocycles. The second-order valence-electron chi connectivity index (χ2n) is 9.16. The number of aromatic nitrogens is 2. The zero-order valence-corrected chi connectivity index (χ0v) is 22.8. The van der Waals surface area contributed by atoms with Crippen LogP contribution in [-0.2, 0) is 6.61 Å². The van der Waals surface area contributed by atoms with Gasteiger partial charge in [0.25, 0.3) is 5.56 Å². The van der Waals surface area contributed by atoms with E-state index in [-0.39, 0.29) is 23.9 Å². The fourth-order valence-electron chi connectivity index (χ4n) is 4.49. The van der Waals surface area contributed by atoms with Crippen molar-refractivity contribution in [2.24, 2.45) is 5.10 Å². The highest BCUT2D eigenvalue weighted by Gasteiger charge is 2.19. The summed E-state index contributed by atoms with van der Waals surface area (Å²) in [5.74, 6) is 1.12. The molecule has 6 aromatic rings. The monoisotopic (exact) mass is 580 g/mol. The van der Waals surface area contributed by atoms with E-state index >= 15 is 0 Å². The molecular weight excluding hydrogens is 560 g/mol. The number of furan rings is 1. The van der Waals surface area contributed by atoms with Gasteiger partial charge < -0.3 is 13.9 Å².